The number of carbonyl (C=O) groups excluding carboxylic acids is 8. The van der Waals surface area contributed by atoms with Gasteiger partial charge in [0.1, 0.15) is 66.9 Å². The average Bonchev–Trinajstić information content (AvgIpc) is 1.62. The summed E-state index contributed by atoms with van der Waals surface area (Å²) in [6, 6.07) is 4.49. The number of ether oxygens (including phenoxy) is 5. The van der Waals surface area contributed by atoms with Crippen LogP contribution in [0.15, 0.2) is 49.6 Å². The van der Waals surface area contributed by atoms with E-state index in [1.54, 1.807) is 45.0 Å². The van der Waals surface area contributed by atoms with Crippen LogP contribution >= 0.6 is 13.4 Å². The van der Waals surface area contributed by atoms with Gasteiger partial charge in [-0.05, 0) is 67.0 Å². The Hall–Kier alpha value is -7.58. The molecular weight excluding hydrogens is 1310 g/mol. The summed E-state index contributed by atoms with van der Waals surface area (Å²) in [5.41, 5.74) is 18.7. The molecule has 40 heteroatoms. The Kier molecular flexibility index (Phi) is 22.3. The van der Waals surface area contributed by atoms with Crippen LogP contribution in [-0.4, -0.2) is 200 Å². The Morgan fingerprint density at radius 1 is 0.849 bits per heavy atom. The number of rotatable bonds is 22. The van der Waals surface area contributed by atoms with Crippen molar-refractivity contribution in [1.82, 2.24) is 59.5 Å². The van der Waals surface area contributed by atoms with Crippen LogP contribution in [0, 0.1) is 17.8 Å². The van der Waals surface area contributed by atoms with E-state index in [1.165, 1.54) is 42.1 Å². The first kappa shape index (κ1) is 69.8. The number of nitrogens with two attached hydrogens (primary N) is 3. The molecule has 7 amide bonds. The molecule has 9 rings (SSSR count). The average molecular weight is 1380 g/mol. The molecule has 36 nitrogen and oxygen atoms in total. The molecule has 1 aromatic carbocycles. The number of likely N-dealkylation sites (tertiary alicyclic amines) is 1. The van der Waals surface area contributed by atoms with Crippen LogP contribution in [0.3, 0.4) is 0 Å². The maximum Gasteiger partial charge on any atom is 0.509 e. The number of imide groups is 1. The van der Waals surface area contributed by atoms with Crippen LogP contribution in [0.5, 0.6) is 0 Å². The topological polar surface area (TPSA) is 488 Å². The summed E-state index contributed by atoms with van der Waals surface area (Å²) in [7, 11) is 1.38. The zero-order valence-corrected chi connectivity index (χ0v) is 54.0. The van der Waals surface area contributed by atoms with Crippen LogP contribution in [-0.2, 0) is 96.0 Å². The van der Waals surface area contributed by atoms with Crippen molar-refractivity contribution >= 4 is 124 Å². The second kappa shape index (κ2) is 29.8. The van der Waals surface area contributed by atoms with Gasteiger partial charge >= 0.3 is 31.7 Å². The first-order chi connectivity index (χ1) is 44.1. The molecule has 4 aliphatic rings. The molecule has 4 aliphatic heterocycles. The number of aromatic nitrogens is 8. The third-order valence-corrected chi connectivity index (χ3v) is 18.5. The minimum Gasteiger partial charge on any atom is -0.445 e. The highest BCUT2D eigenvalue weighted by Gasteiger charge is 2.55. The van der Waals surface area contributed by atoms with E-state index in [0.29, 0.717) is 11.3 Å². The van der Waals surface area contributed by atoms with E-state index in [0.717, 1.165) is 16.1 Å². The number of fused-ring (bicyclic) bond motifs is 5. The summed E-state index contributed by atoms with van der Waals surface area (Å²) in [5, 5.41) is 19.5. The Balaban J connectivity index is 0.810. The lowest BCUT2D eigenvalue weighted by Gasteiger charge is -2.29. The lowest BCUT2D eigenvalue weighted by molar-refractivity contribution is -0.140. The number of aliphatic hydroxyl groups is 1. The summed E-state index contributed by atoms with van der Waals surface area (Å²) in [6.45, 7) is -4.26. The van der Waals surface area contributed by atoms with Crippen LogP contribution in [0.2, 0.25) is 0 Å². The lowest BCUT2D eigenvalue weighted by Crippen LogP contribution is -2.46. The summed E-state index contributed by atoms with van der Waals surface area (Å²) >= 11 is 10.9. The van der Waals surface area contributed by atoms with Crippen molar-refractivity contribution in [3.8, 4) is 0 Å². The number of nitrogens with one attached hydrogen (secondary N) is 3. The third kappa shape index (κ3) is 17.0. The second-order valence-corrected chi connectivity index (χ2v) is 28.2. The Bertz CT molecular complexity index is 3720. The number of aliphatic hydroxyl groups excluding tert-OH is 1. The number of Topliss-reactive ketones (excluding diaryl/α,β-unsaturated/α-hetero) is 1. The van der Waals surface area contributed by atoms with Gasteiger partial charge in [0.15, 0.2) is 47.3 Å². The molecule has 4 saturated heterocycles. The molecule has 0 spiro atoms. The van der Waals surface area contributed by atoms with Gasteiger partial charge in [-0.3, -0.25) is 47.1 Å². The van der Waals surface area contributed by atoms with Crippen LogP contribution in [0.25, 0.3) is 22.3 Å². The number of ketones is 1. The van der Waals surface area contributed by atoms with Gasteiger partial charge in [0, 0.05) is 56.9 Å². The number of urea groups is 1. The van der Waals surface area contributed by atoms with E-state index < -0.39 is 142 Å². The van der Waals surface area contributed by atoms with Gasteiger partial charge < -0.3 is 85.7 Å². The summed E-state index contributed by atoms with van der Waals surface area (Å²) < 4.78 is 55.9. The van der Waals surface area contributed by atoms with Gasteiger partial charge in [-0.15, -0.1) is 0 Å². The largest absolute Gasteiger partial charge is 0.509 e. The standard InChI is InChI=1S/C53H70N16O20P2S2/c1-25(2)36(65-34(71)12-14-67-35(72)15-26(3)48(67)75)31(70)16-29(7-6-13-57-51(56)76)47(74)64-30-10-8-28(9-11-30)18-81-52(77)66(5)17-27(4)84-53(78)87-42-40-33(86-50(42)69-24-63-38-44(55)59-22-61-46(38)69)20-83-91(80,93)89-41-39(73)32(19-82-90(79,92)88-40)85-49(41)68-23-62-37-43(54)58-21-60-45(37)68/h8-11,21-27,29,32-33,36,39-42,49-50,73H,6-7,12-20H2,1-5H3,(H,64,74)(H,65,71)(H,79,92)(H,80,93)(H2,54,58,60)(H2,55,59,61)(H3,56,57,76)/t26?,27?,29-,32-,33-,36+,39-,40-,41-,42-,49-,50-,90?,91?/m1/s1. The van der Waals surface area contributed by atoms with E-state index in [-0.39, 0.29) is 104 Å². The lowest BCUT2D eigenvalue weighted by atomic mass is 9.89. The maximum absolute atomic E-state index is 13.9. The first-order valence-electron chi connectivity index (χ1n) is 29.1. The summed E-state index contributed by atoms with van der Waals surface area (Å²) in [6.07, 6.45) is -10.4. The number of benzene rings is 1. The molecule has 4 unspecified atom stereocenters. The highest BCUT2D eigenvalue weighted by atomic mass is 32.5. The molecule has 4 fully saturated rings. The number of primary amides is 1. The first-order valence-corrected chi connectivity index (χ1v) is 34.3. The van der Waals surface area contributed by atoms with Crippen LogP contribution in [0.1, 0.15) is 77.8 Å². The smallest absolute Gasteiger partial charge is 0.445 e. The number of imidazole rings is 2. The normalized spacial score (nSPS) is 26.7. The van der Waals surface area contributed by atoms with Gasteiger partial charge in [0.2, 0.25) is 23.6 Å². The predicted octanol–water partition coefficient (Wildman–Crippen LogP) is 1.30. The monoisotopic (exact) mass is 1380 g/mol. The zero-order valence-electron chi connectivity index (χ0n) is 50.6. The number of likely N-dealkylation sites (N-methyl/N-ethyl adjacent to an activating group) is 1. The highest BCUT2D eigenvalue weighted by molar-refractivity contribution is 8.07. The minimum absolute atomic E-state index is 0.0199. The Morgan fingerprint density at radius 3 is 2.05 bits per heavy atom. The third-order valence-electron chi connectivity index (χ3n) is 15.4. The molecule has 14 atom stereocenters. The molecule has 5 aromatic rings. The molecule has 12 N–H and O–H groups in total. The van der Waals surface area contributed by atoms with Gasteiger partial charge in [-0.25, -0.2) is 44.3 Å². The maximum atomic E-state index is 13.9. The van der Waals surface area contributed by atoms with Crippen molar-refractivity contribution in [2.75, 3.05) is 56.7 Å². The molecule has 0 saturated carbocycles. The van der Waals surface area contributed by atoms with E-state index in [4.69, 9.17) is 82.6 Å². The number of amides is 7. The quantitative estimate of drug-likeness (QED) is 0.0204. The number of hydrogen-bond donors (Lipinski definition) is 9. The van der Waals surface area contributed by atoms with Crippen molar-refractivity contribution in [2.45, 2.75) is 128 Å². The molecule has 4 aromatic heterocycles. The van der Waals surface area contributed by atoms with Crippen molar-refractivity contribution in [3.05, 3.63) is 55.1 Å². The highest BCUT2D eigenvalue weighted by Crippen LogP contribution is 2.54. The SMILES string of the molecule is CC(CN(C)C(=O)OCc1ccc(NC(=O)[C@H](CCCNC(N)=O)CC(=O)[C@@H](NC(=O)CCN2C(=O)CC(C)C2=O)C(C)C)cc1)OC(=O)O[C@@H]1[C@@H]2OP(O)(=S)OC[C@H]3O[C@@H](n4cnc5c(N)ncnc54)[C@H](OP(O)(=S)OC[C@H]2O[C@H]1n1cnc2c(N)ncnc21)[C@@H]3O. The fourth-order valence-corrected chi connectivity index (χ4v) is 13.6. The second-order valence-electron chi connectivity index (χ2n) is 22.7. The molecule has 93 heavy (non-hydrogen) atoms. The van der Waals surface area contributed by atoms with E-state index in [9.17, 15) is 53.2 Å². The molecule has 0 aliphatic carbocycles. The van der Waals surface area contributed by atoms with Gasteiger partial charge in [-0.2, -0.15) is 0 Å². The number of anilines is 3. The molecule has 8 heterocycles. The molecule has 504 valence electrons. The molecule has 2 bridgehead atoms. The number of carbonyl (C=O) groups is 8. The number of hydrogen-bond acceptors (Lipinski definition) is 28. The molecular formula is C53H70N16O20P2S2. The fraction of sp³-hybridized carbons (Fsp3) is 0.547. The minimum atomic E-state index is -4.50. The van der Waals surface area contributed by atoms with Crippen molar-refractivity contribution in [2.24, 2.45) is 23.5 Å². The van der Waals surface area contributed by atoms with Gasteiger partial charge in [-0.1, -0.05) is 32.9 Å². The van der Waals surface area contributed by atoms with Crippen LogP contribution in [0.4, 0.5) is 31.7 Å². The van der Waals surface area contributed by atoms with Gasteiger partial charge in [0.05, 0.1) is 38.5 Å². The van der Waals surface area contributed by atoms with Crippen molar-refractivity contribution < 1.29 is 95.0 Å². The predicted molar refractivity (Wildman–Crippen MR) is 328 cm³/mol. The number of nitrogens with zero attached hydrogens (tertiary/aromatic N) is 10. The number of nitrogen functional groups attached to an aromatic ring is 2. The van der Waals surface area contributed by atoms with E-state index in [2.05, 4.69) is 45.9 Å². The van der Waals surface area contributed by atoms with Crippen molar-refractivity contribution in [3.63, 3.8) is 0 Å². The fourth-order valence-electron chi connectivity index (χ4n) is 10.7. The summed E-state index contributed by atoms with van der Waals surface area (Å²) in [4.78, 5) is 154. The van der Waals surface area contributed by atoms with Crippen LogP contribution < -0.4 is 33.2 Å². The summed E-state index contributed by atoms with van der Waals surface area (Å²) in [5.74, 6) is -4.05. The van der Waals surface area contributed by atoms with Crippen molar-refractivity contribution in [1.29, 1.82) is 0 Å². The van der Waals surface area contributed by atoms with Gasteiger partial charge in [0.25, 0.3) is 0 Å². The zero-order chi connectivity index (χ0) is 67.2. The van der Waals surface area contributed by atoms with E-state index in [1.807, 2.05) is 0 Å². The molecule has 0 radical (unpaired) electrons. The van der Waals surface area contributed by atoms with E-state index >= 15 is 0 Å². The Morgan fingerprint density at radius 2 is 1.45 bits per heavy atom. The Labute approximate surface area is 539 Å².